The van der Waals surface area contributed by atoms with Gasteiger partial charge in [-0.1, -0.05) is 328 Å². The van der Waals surface area contributed by atoms with Crippen molar-refractivity contribution in [3.05, 3.63) is 12.2 Å². The second-order valence-electron chi connectivity index (χ2n) is 22.4. The quantitative estimate of drug-likeness (QED) is 0.0261. The molecule has 0 radical (unpaired) electrons. The Morgan fingerprint density at radius 2 is 0.472 bits per heavy atom. The van der Waals surface area contributed by atoms with E-state index in [-0.39, 0.29) is 31.1 Å². The zero-order valence-corrected chi connectivity index (χ0v) is 49.0. The summed E-state index contributed by atoms with van der Waals surface area (Å²) < 4.78 is 16.9. The lowest BCUT2D eigenvalue weighted by Crippen LogP contribution is -2.30. The van der Waals surface area contributed by atoms with Crippen LogP contribution in [0.4, 0.5) is 0 Å². The van der Waals surface area contributed by atoms with Gasteiger partial charge in [0.2, 0.25) is 0 Å². The van der Waals surface area contributed by atoms with Gasteiger partial charge in [0.25, 0.3) is 0 Å². The van der Waals surface area contributed by atoms with Crippen LogP contribution in [0.25, 0.3) is 0 Å². The van der Waals surface area contributed by atoms with Crippen LogP contribution >= 0.6 is 0 Å². The third-order valence-corrected chi connectivity index (χ3v) is 15.0. The van der Waals surface area contributed by atoms with E-state index in [0.29, 0.717) is 19.3 Å². The van der Waals surface area contributed by atoms with Gasteiger partial charge in [0, 0.05) is 19.3 Å². The van der Waals surface area contributed by atoms with E-state index < -0.39 is 6.10 Å². The molecule has 0 aromatic heterocycles. The first-order valence-electron chi connectivity index (χ1n) is 32.7. The number of ether oxygens (including phenoxy) is 3. The third kappa shape index (κ3) is 59.0. The number of hydrogen-bond acceptors (Lipinski definition) is 6. The molecule has 0 N–H and O–H groups in total. The molecule has 6 heteroatoms. The highest BCUT2D eigenvalue weighted by Gasteiger charge is 2.19. The van der Waals surface area contributed by atoms with E-state index in [2.05, 4.69) is 32.9 Å². The van der Waals surface area contributed by atoms with Crippen molar-refractivity contribution in [1.29, 1.82) is 0 Å². The molecule has 0 aliphatic heterocycles. The van der Waals surface area contributed by atoms with Gasteiger partial charge in [-0.05, 0) is 38.5 Å². The average molecular weight is 1020 g/mol. The van der Waals surface area contributed by atoms with E-state index in [1.807, 2.05) is 0 Å². The second kappa shape index (κ2) is 61.7. The predicted octanol–water partition coefficient (Wildman–Crippen LogP) is 22.1. The fourth-order valence-electron chi connectivity index (χ4n) is 10.1. The van der Waals surface area contributed by atoms with Crippen molar-refractivity contribution in [3.63, 3.8) is 0 Å². The average Bonchev–Trinajstić information content (AvgIpc) is 3.38. The summed E-state index contributed by atoms with van der Waals surface area (Å²) in [4.78, 5) is 38.2. The topological polar surface area (TPSA) is 78.9 Å². The second-order valence-corrected chi connectivity index (χ2v) is 22.4. The summed E-state index contributed by atoms with van der Waals surface area (Å²) >= 11 is 0. The molecule has 0 saturated carbocycles. The minimum atomic E-state index is -0.768. The summed E-state index contributed by atoms with van der Waals surface area (Å²) in [5, 5.41) is 0. The molecule has 0 fully saturated rings. The highest BCUT2D eigenvalue weighted by Crippen LogP contribution is 2.19. The lowest BCUT2D eigenvalue weighted by molar-refractivity contribution is -0.167. The largest absolute Gasteiger partial charge is 0.462 e. The van der Waals surface area contributed by atoms with Crippen LogP contribution in [0, 0.1) is 0 Å². The standard InChI is InChI=1S/C66H126O6/c1-4-7-10-13-16-19-22-24-26-28-29-30-31-32-33-34-35-36-38-39-41-44-47-50-53-56-59-65(68)71-62-63(61-70-64(67)58-55-52-49-46-43-21-18-15-12-9-6-3)72-66(69)60-57-54-51-48-45-42-40-37-27-25-23-20-17-14-11-8-5-2/h15,18,63H,4-14,16-17,19-62H2,1-3H3/b18-15-. The van der Waals surface area contributed by atoms with Crippen molar-refractivity contribution in [2.24, 2.45) is 0 Å². The van der Waals surface area contributed by atoms with Crippen molar-refractivity contribution < 1.29 is 28.6 Å². The van der Waals surface area contributed by atoms with Crippen molar-refractivity contribution in [2.75, 3.05) is 13.2 Å². The Hall–Kier alpha value is -1.85. The maximum absolute atomic E-state index is 12.9. The summed E-state index contributed by atoms with van der Waals surface area (Å²) in [6, 6.07) is 0. The van der Waals surface area contributed by atoms with Crippen LogP contribution in [-0.2, 0) is 28.6 Å². The fourth-order valence-corrected chi connectivity index (χ4v) is 10.1. The van der Waals surface area contributed by atoms with Gasteiger partial charge >= 0.3 is 17.9 Å². The Labute approximate surface area is 450 Å². The number of unbranched alkanes of at least 4 members (excludes halogenated alkanes) is 48. The maximum Gasteiger partial charge on any atom is 0.306 e. The van der Waals surface area contributed by atoms with E-state index in [4.69, 9.17) is 14.2 Å². The molecule has 0 bridgehead atoms. The van der Waals surface area contributed by atoms with E-state index >= 15 is 0 Å². The van der Waals surface area contributed by atoms with Crippen LogP contribution in [0.15, 0.2) is 12.2 Å². The molecule has 0 heterocycles. The Bertz CT molecular complexity index is 1120. The summed E-state index contributed by atoms with van der Waals surface area (Å²) in [7, 11) is 0. The fraction of sp³-hybridized carbons (Fsp3) is 0.924. The van der Waals surface area contributed by atoms with Crippen LogP contribution < -0.4 is 0 Å². The van der Waals surface area contributed by atoms with Crippen molar-refractivity contribution in [1.82, 2.24) is 0 Å². The lowest BCUT2D eigenvalue weighted by Gasteiger charge is -2.18. The van der Waals surface area contributed by atoms with E-state index in [0.717, 1.165) is 64.2 Å². The van der Waals surface area contributed by atoms with Crippen molar-refractivity contribution >= 4 is 17.9 Å². The molecular formula is C66H126O6. The van der Waals surface area contributed by atoms with Gasteiger partial charge in [0.1, 0.15) is 13.2 Å². The van der Waals surface area contributed by atoms with Gasteiger partial charge < -0.3 is 14.2 Å². The Morgan fingerprint density at radius 1 is 0.264 bits per heavy atom. The third-order valence-electron chi connectivity index (χ3n) is 15.0. The minimum Gasteiger partial charge on any atom is -0.462 e. The summed E-state index contributed by atoms with van der Waals surface area (Å²) in [6.07, 6.45) is 72.4. The first-order valence-corrected chi connectivity index (χ1v) is 32.7. The summed E-state index contributed by atoms with van der Waals surface area (Å²) in [6.45, 7) is 6.67. The summed E-state index contributed by atoms with van der Waals surface area (Å²) in [5.74, 6) is -0.847. The van der Waals surface area contributed by atoms with Gasteiger partial charge in [0.05, 0.1) is 0 Å². The van der Waals surface area contributed by atoms with Crippen molar-refractivity contribution in [3.8, 4) is 0 Å². The van der Waals surface area contributed by atoms with Crippen LogP contribution in [-0.4, -0.2) is 37.2 Å². The number of esters is 3. The lowest BCUT2D eigenvalue weighted by atomic mass is 10.0. The number of carbonyl (C=O) groups is 3. The first-order chi connectivity index (χ1) is 35.5. The molecule has 72 heavy (non-hydrogen) atoms. The number of carbonyl (C=O) groups excluding carboxylic acids is 3. The molecule has 0 rings (SSSR count). The SMILES string of the molecule is CCCC/C=C\CCCCCCCC(=O)OCC(COC(=O)CCCCCCCCCCCCCCCCCCCCCCCCCCCC)OC(=O)CCCCCCCCCCCCCCCCCCC. The van der Waals surface area contributed by atoms with Crippen LogP contribution in [0.5, 0.6) is 0 Å². The number of allylic oxidation sites excluding steroid dienone is 2. The number of hydrogen-bond donors (Lipinski definition) is 0. The molecular weight excluding hydrogens is 889 g/mol. The van der Waals surface area contributed by atoms with Gasteiger partial charge in [-0.2, -0.15) is 0 Å². The van der Waals surface area contributed by atoms with Gasteiger partial charge in [-0.15, -0.1) is 0 Å². The summed E-state index contributed by atoms with van der Waals surface area (Å²) in [5.41, 5.74) is 0. The molecule has 6 nitrogen and oxygen atoms in total. The molecule has 0 saturated heterocycles. The molecule has 0 aromatic rings. The molecule has 0 aliphatic rings. The Kier molecular flexibility index (Phi) is 60.1. The van der Waals surface area contributed by atoms with Crippen LogP contribution in [0.3, 0.4) is 0 Å². The highest BCUT2D eigenvalue weighted by atomic mass is 16.6. The normalized spacial score (nSPS) is 12.0. The Balaban J connectivity index is 4.14. The zero-order valence-electron chi connectivity index (χ0n) is 49.0. The molecule has 1 atom stereocenters. The van der Waals surface area contributed by atoms with E-state index in [1.54, 1.807) is 0 Å². The van der Waals surface area contributed by atoms with Crippen LogP contribution in [0.1, 0.15) is 374 Å². The van der Waals surface area contributed by atoms with E-state index in [9.17, 15) is 14.4 Å². The molecule has 426 valence electrons. The van der Waals surface area contributed by atoms with Crippen LogP contribution in [0.2, 0.25) is 0 Å². The highest BCUT2D eigenvalue weighted by molar-refractivity contribution is 5.71. The Morgan fingerprint density at radius 3 is 0.736 bits per heavy atom. The van der Waals surface area contributed by atoms with E-state index in [1.165, 1.54) is 270 Å². The molecule has 1 unspecified atom stereocenters. The molecule has 0 aliphatic carbocycles. The zero-order chi connectivity index (χ0) is 52.2. The molecule has 0 spiro atoms. The van der Waals surface area contributed by atoms with Gasteiger partial charge in [0.15, 0.2) is 6.10 Å². The molecule has 0 aromatic carbocycles. The van der Waals surface area contributed by atoms with Gasteiger partial charge in [-0.3, -0.25) is 14.4 Å². The first kappa shape index (κ1) is 70.1. The smallest absolute Gasteiger partial charge is 0.306 e. The van der Waals surface area contributed by atoms with Crippen molar-refractivity contribution in [2.45, 2.75) is 380 Å². The molecule has 0 amide bonds. The van der Waals surface area contributed by atoms with Gasteiger partial charge in [-0.25, -0.2) is 0 Å². The maximum atomic E-state index is 12.9. The predicted molar refractivity (Wildman–Crippen MR) is 312 cm³/mol. The number of rotatable bonds is 61. The minimum absolute atomic E-state index is 0.0662. The monoisotopic (exact) mass is 1010 g/mol.